The van der Waals surface area contributed by atoms with Crippen molar-refractivity contribution in [3.8, 4) is 0 Å². The molecule has 0 bridgehead atoms. The molecular weight excluding hydrogens is 385 g/mol. The molecule has 1 amide bonds. The van der Waals surface area contributed by atoms with Crippen LogP contribution < -0.4 is 5.32 Å². The van der Waals surface area contributed by atoms with Crippen LogP contribution in [0.5, 0.6) is 0 Å². The molecule has 27 heavy (non-hydrogen) atoms. The highest BCUT2D eigenvalue weighted by Gasteiger charge is 2.27. The normalized spacial score (nSPS) is 20.1. The van der Waals surface area contributed by atoms with Crippen molar-refractivity contribution >= 4 is 41.0 Å². The van der Waals surface area contributed by atoms with Crippen LogP contribution in [-0.4, -0.2) is 66.8 Å². The molecule has 0 radical (unpaired) electrons. The second kappa shape index (κ2) is 9.69. The molecule has 0 aliphatic carbocycles. The predicted octanol–water partition coefficient (Wildman–Crippen LogP) is 2.86. The first-order valence-corrected chi connectivity index (χ1v) is 10.2. The summed E-state index contributed by atoms with van der Waals surface area (Å²) in [6.45, 7) is 4.60. The van der Waals surface area contributed by atoms with Crippen LogP contribution in [0, 0.1) is 0 Å². The third-order valence-corrected chi connectivity index (χ3v) is 5.87. The van der Waals surface area contributed by atoms with Crippen molar-refractivity contribution in [3.05, 3.63) is 39.9 Å². The number of carbonyl (C=O) groups is 2. The fourth-order valence-electron chi connectivity index (χ4n) is 3.65. The zero-order valence-corrected chi connectivity index (χ0v) is 16.8. The molecule has 1 aromatic carbocycles. The number of nitrogens with one attached hydrogen (secondary N) is 1. The van der Waals surface area contributed by atoms with Crippen molar-refractivity contribution in [1.29, 1.82) is 0 Å². The Kier molecular flexibility index (Phi) is 7.30. The minimum Gasteiger partial charge on any atom is -0.354 e. The Bertz CT molecular complexity index is 717. The van der Waals surface area contributed by atoms with Gasteiger partial charge in [0, 0.05) is 19.6 Å². The number of rotatable bonds is 7. The van der Waals surface area contributed by atoms with Gasteiger partial charge in [-0.25, -0.2) is 0 Å². The molecule has 2 heterocycles. The van der Waals surface area contributed by atoms with Gasteiger partial charge >= 0.3 is 0 Å². The number of hydrogen-bond acceptors (Lipinski definition) is 4. The van der Waals surface area contributed by atoms with E-state index in [-0.39, 0.29) is 17.7 Å². The lowest BCUT2D eigenvalue weighted by Crippen LogP contribution is -2.49. The van der Waals surface area contributed by atoms with E-state index in [1.807, 2.05) is 6.07 Å². The van der Waals surface area contributed by atoms with Crippen molar-refractivity contribution in [2.24, 2.45) is 0 Å². The Labute approximate surface area is 170 Å². The first-order chi connectivity index (χ1) is 13.0. The first-order valence-electron chi connectivity index (χ1n) is 9.43. The molecule has 2 aliphatic rings. The fourth-order valence-corrected chi connectivity index (χ4v) is 3.96. The third kappa shape index (κ3) is 5.79. The lowest BCUT2D eigenvalue weighted by atomic mass is 10.0. The highest BCUT2D eigenvalue weighted by atomic mass is 35.5. The zero-order valence-electron chi connectivity index (χ0n) is 15.3. The smallest absolute Gasteiger partial charge is 0.234 e. The van der Waals surface area contributed by atoms with Gasteiger partial charge in [-0.05, 0) is 56.1 Å². The van der Waals surface area contributed by atoms with Crippen molar-refractivity contribution < 1.29 is 9.59 Å². The summed E-state index contributed by atoms with van der Waals surface area (Å²) in [5.74, 6) is 0.161. The molecule has 3 rings (SSSR count). The van der Waals surface area contributed by atoms with Gasteiger partial charge in [-0.2, -0.15) is 0 Å². The minimum atomic E-state index is -0.142. The van der Waals surface area contributed by atoms with Gasteiger partial charge in [-0.15, -0.1) is 0 Å². The van der Waals surface area contributed by atoms with Gasteiger partial charge < -0.3 is 5.32 Å². The van der Waals surface area contributed by atoms with Crippen LogP contribution in [0.2, 0.25) is 10.0 Å². The largest absolute Gasteiger partial charge is 0.354 e. The predicted molar refractivity (Wildman–Crippen MR) is 109 cm³/mol. The number of hydrogen-bond donors (Lipinski definition) is 1. The first kappa shape index (κ1) is 20.3. The summed E-state index contributed by atoms with van der Waals surface area (Å²) in [7, 11) is 0. The molecule has 1 N–H and O–H groups in total. The number of likely N-dealkylation sites (tertiary alicyclic amines) is 1. The van der Waals surface area contributed by atoms with E-state index in [9.17, 15) is 9.59 Å². The van der Waals surface area contributed by atoms with E-state index in [1.54, 1.807) is 24.3 Å². The van der Waals surface area contributed by atoms with E-state index in [1.165, 1.54) is 0 Å². The highest BCUT2D eigenvalue weighted by molar-refractivity contribution is 6.42. The lowest BCUT2D eigenvalue weighted by molar-refractivity contribution is -0.124. The average Bonchev–Trinajstić information content (AvgIpc) is 3.17. The molecule has 0 saturated carbocycles. The molecular formula is C20H25Cl2N3O2. The van der Waals surface area contributed by atoms with Gasteiger partial charge in [-0.1, -0.05) is 35.3 Å². The maximum atomic E-state index is 12.9. The number of nitrogens with zero attached hydrogens (tertiary/aromatic N) is 2. The quantitative estimate of drug-likeness (QED) is 0.703. The molecule has 1 aromatic rings. The molecule has 2 saturated heterocycles. The van der Waals surface area contributed by atoms with Gasteiger partial charge in [-0.3, -0.25) is 19.4 Å². The Balaban J connectivity index is 1.64. The van der Waals surface area contributed by atoms with Crippen molar-refractivity contribution in [2.75, 3.05) is 39.3 Å². The van der Waals surface area contributed by atoms with Gasteiger partial charge in [0.1, 0.15) is 0 Å². The number of piperazine rings is 1. The van der Waals surface area contributed by atoms with Gasteiger partial charge in [0.25, 0.3) is 0 Å². The van der Waals surface area contributed by atoms with E-state index in [0.717, 1.165) is 51.0 Å². The average molecular weight is 410 g/mol. The summed E-state index contributed by atoms with van der Waals surface area (Å²) in [5.41, 5.74) is 0.852. The number of carbonyl (C=O) groups excluding carboxylic acids is 2. The van der Waals surface area contributed by atoms with Crippen LogP contribution in [0.15, 0.2) is 24.3 Å². The maximum Gasteiger partial charge on any atom is 0.234 e. The second-order valence-corrected chi connectivity index (χ2v) is 7.90. The molecule has 1 unspecified atom stereocenters. The number of ketones is 1. The molecule has 146 valence electrons. The molecule has 0 aromatic heterocycles. The van der Waals surface area contributed by atoms with E-state index in [0.29, 0.717) is 23.1 Å². The summed E-state index contributed by atoms with van der Waals surface area (Å²) in [6.07, 6.45) is 6.43. The van der Waals surface area contributed by atoms with Crippen LogP contribution >= 0.6 is 23.2 Å². The van der Waals surface area contributed by atoms with Crippen LogP contribution in [0.4, 0.5) is 0 Å². The van der Waals surface area contributed by atoms with E-state index < -0.39 is 0 Å². The van der Waals surface area contributed by atoms with Gasteiger partial charge in [0.05, 0.1) is 22.6 Å². The Morgan fingerprint density at radius 3 is 2.67 bits per heavy atom. The molecule has 5 nitrogen and oxygen atoms in total. The summed E-state index contributed by atoms with van der Waals surface area (Å²) < 4.78 is 0. The topological polar surface area (TPSA) is 52.7 Å². The Morgan fingerprint density at radius 1 is 1.19 bits per heavy atom. The molecule has 1 atom stereocenters. The maximum absolute atomic E-state index is 12.9. The molecule has 0 spiro atoms. The van der Waals surface area contributed by atoms with Crippen LogP contribution in [0.3, 0.4) is 0 Å². The van der Waals surface area contributed by atoms with Crippen molar-refractivity contribution in [3.63, 3.8) is 0 Å². The number of amides is 1. The summed E-state index contributed by atoms with van der Waals surface area (Å²) in [6, 6.07) is 5.18. The van der Waals surface area contributed by atoms with Crippen LogP contribution in [0.25, 0.3) is 6.08 Å². The number of halogens is 2. The fraction of sp³-hybridized carbons (Fsp3) is 0.500. The Hall–Kier alpha value is -1.40. The minimum absolute atomic E-state index is 0.0600. The van der Waals surface area contributed by atoms with Crippen molar-refractivity contribution in [1.82, 2.24) is 15.1 Å². The van der Waals surface area contributed by atoms with E-state index in [4.69, 9.17) is 23.2 Å². The number of benzene rings is 1. The summed E-state index contributed by atoms with van der Waals surface area (Å²) in [5, 5.41) is 3.81. The van der Waals surface area contributed by atoms with Crippen LogP contribution in [-0.2, 0) is 9.59 Å². The monoisotopic (exact) mass is 409 g/mol. The van der Waals surface area contributed by atoms with E-state index >= 15 is 0 Å². The summed E-state index contributed by atoms with van der Waals surface area (Å²) in [4.78, 5) is 28.9. The molecule has 2 aliphatic heterocycles. The summed E-state index contributed by atoms with van der Waals surface area (Å²) >= 11 is 12.0. The highest BCUT2D eigenvalue weighted by Crippen LogP contribution is 2.23. The SMILES string of the molecule is O=C1CN(CCC(C(=O)/C=C/c2ccc(Cl)c(Cl)c2)N2CCCC2)CCN1. The lowest BCUT2D eigenvalue weighted by Gasteiger charge is -2.30. The van der Waals surface area contributed by atoms with E-state index in [2.05, 4.69) is 15.1 Å². The van der Waals surface area contributed by atoms with Gasteiger partial charge in [0.2, 0.25) is 5.91 Å². The standard InChI is InChI=1S/C20H25Cl2N3O2/c21-16-5-3-15(13-17(16)22)4-6-19(26)18(25-9-1-2-10-25)7-11-24-12-8-23-20(27)14-24/h3-6,13,18H,1-2,7-12,14H2,(H,23,27)/b6-4+. The second-order valence-electron chi connectivity index (χ2n) is 7.08. The van der Waals surface area contributed by atoms with Crippen molar-refractivity contribution in [2.45, 2.75) is 25.3 Å². The molecule has 2 fully saturated rings. The third-order valence-electron chi connectivity index (χ3n) is 5.13. The zero-order chi connectivity index (χ0) is 19.2. The molecule has 7 heteroatoms. The Morgan fingerprint density at radius 2 is 1.96 bits per heavy atom. The van der Waals surface area contributed by atoms with Gasteiger partial charge in [0.15, 0.2) is 5.78 Å². The van der Waals surface area contributed by atoms with Crippen LogP contribution in [0.1, 0.15) is 24.8 Å².